The number of rotatable bonds is 11. The Balaban J connectivity index is 1.73. The summed E-state index contributed by atoms with van der Waals surface area (Å²) in [6.45, 7) is 15.9. The van der Waals surface area contributed by atoms with E-state index in [1.165, 1.54) is 33.1 Å². The first-order chi connectivity index (χ1) is 28.3. The third-order valence-corrected chi connectivity index (χ3v) is 12.8. The Bertz CT molecular complexity index is 1900. The third-order valence-electron chi connectivity index (χ3n) is 12.8. The van der Waals surface area contributed by atoms with Gasteiger partial charge < -0.3 is 53.4 Å². The number of Topliss-reactive ketones (excluding diaryl/α,β-unsaturated/α-hetero) is 1. The Morgan fingerprint density at radius 1 is 1.00 bits per heavy atom. The van der Waals surface area contributed by atoms with Gasteiger partial charge in [0.1, 0.15) is 41.7 Å². The minimum Gasteiger partial charge on any atom is -0.456 e. The molecule has 17 nitrogen and oxygen atoms in total. The minimum atomic E-state index is -2.32. The Labute approximate surface area is 356 Å². The molecule has 2 saturated carbocycles. The molecule has 0 aromatic heterocycles. The number of ether oxygens (including phenoxy) is 8. The van der Waals surface area contributed by atoms with Crippen LogP contribution in [0.2, 0.25) is 0 Å². The predicted molar refractivity (Wildman–Crippen MR) is 214 cm³/mol. The molecule has 17 heteroatoms. The summed E-state index contributed by atoms with van der Waals surface area (Å²) < 4.78 is 46.7. The largest absolute Gasteiger partial charge is 0.508 e. The SMILES string of the molecule is COC(=O)O[C@H]1C[C@H]2OC[C@@]2(OC(C)=O)[C@H]2[C@H](OC(=O)c3ccccc3)[C@]3(O)C[C@H](OC(=O)[C@H](O)[C@H](CC(C)C)NC(=O)OC(C)(C)C)C(C)=C([C@@H](OC)C(=O)C12C)C3(C)C. The number of aliphatic hydroxyl groups is 2. The summed E-state index contributed by atoms with van der Waals surface area (Å²) in [5.41, 5.74) is -7.93. The number of hydrogen-bond acceptors (Lipinski definition) is 16. The van der Waals surface area contributed by atoms with Gasteiger partial charge in [-0.05, 0) is 70.2 Å². The number of methoxy groups -OCH3 is 2. The Morgan fingerprint density at radius 3 is 2.16 bits per heavy atom. The van der Waals surface area contributed by atoms with Gasteiger partial charge in [0.15, 0.2) is 17.5 Å². The molecule has 3 aliphatic carbocycles. The lowest BCUT2D eigenvalue weighted by Gasteiger charge is -2.67. The van der Waals surface area contributed by atoms with E-state index in [1.807, 2.05) is 13.8 Å². The van der Waals surface area contributed by atoms with Gasteiger partial charge in [-0.15, -0.1) is 0 Å². The van der Waals surface area contributed by atoms with Crippen molar-refractivity contribution in [3.05, 3.63) is 47.0 Å². The van der Waals surface area contributed by atoms with Crippen molar-refractivity contribution in [3.63, 3.8) is 0 Å². The second-order valence-electron chi connectivity index (χ2n) is 18.7. The van der Waals surface area contributed by atoms with E-state index in [0.29, 0.717) is 0 Å². The van der Waals surface area contributed by atoms with E-state index in [2.05, 4.69) is 5.32 Å². The third kappa shape index (κ3) is 8.62. The highest BCUT2D eigenvalue weighted by atomic mass is 16.7. The molecule has 1 amide bonds. The molecule has 3 fully saturated rings. The standard InChI is InChI=1S/C44H61NO16/c1-22(2)18-26(45-38(51)61-40(5,6)7)31(47)37(50)57-27-20-44(53)35(59-36(49)25-16-14-13-15-17-25)33-42(10,34(48)32(54-11)30(23(27)3)41(44,8)9)28(58-39(52)55-12)19-29-43(33,21-56-29)60-24(4)46/h13-17,22,26-29,31-33,35,47,53H,18-21H2,1-12H3,(H,45,51)/t26-,27-,28-,29+,31+,32+,33-,35-,42?,43-,44+/m0/s1. The van der Waals surface area contributed by atoms with Crippen LogP contribution in [0.1, 0.15) is 98.9 Å². The zero-order chi connectivity index (χ0) is 45.6. The van der Waals surface area contributed by atoms with E-state index < -0.39 is 119 Å². The van der Waals surface area contributed by atoms with Gasteiger partial charge in [-0.2, -0.15) is 0 Å². The fourth-order valence-corrected chi connectivity index (χ4v) is 9.89. The van der Waals surface area contributed by atoms with Crippen molar-refractivity contribution < 1.29 is 76.9 Å². The van der Waals surface area contributed by atoms with Crippen LogP contribution in [0.25, 0.3) is 0 Å². The van der Waals surface area contributed by atoms with Gasteiger partial charge in [-0.1, -0.05) is 45.9 Å². The summed E-state index contributed by atoms with van der Waals surface area (Å²) in [6.07, 6.45) is -11.5. The van der Waals surface area contributed by atoms with E-state index in [0.717, 1.165) is 7.11 Å². The van der Waals surface area contributed by atoms with Crippen molar-refractivity contribution in [3.8, 4) is 0 Å². The van der Waals surface area contributed by atoms with Gasteiger partial charge in [0.2, 0.25) is 0 Å². The van der Waals surface area contributed by atoms with E-state index in [-0.39, 0.29) is 42.1 Å². The second kappa shape index (κ2) is 17.3. The zero-order valence-corrected chi connectivity index (χ0v) is 37.0. The first kappa shape index (κ1) is 47.5. The summed E-state index contributed by atoms with van der Waals surface area (Å²) in [5, 5.41) is 27.8. The van der Waals surface area contributed by atoms with Gasteiger partial charge >= 0.3 is 30.2 Å². The topological polar surface area (TPSA) is 229 Å². The lowest BCUT2D eigenvalue weighted by atomic mass is 9.44. The molecular formula is C44H61NO16. The summed E-state index contributed by atoms with van der Waals surface area (Å²) in [6, 6.07) is 6.73. The molecule has 61 heavy (non-hydrogen) atoms. The molecular weight excluding hydrogens is 798 g/mol. The van der Waals surface area contributed by atoms with Crippen molar-refractivity contribution in [1.82, 2.24) is 5.32 Å². The molecule has 1 aromatic rings. The number of carbonyl (C=O) groups is 6. The first-order valence-corrected chi connectivity index (χ1v) is 20.5. The quantitative estimate of drug-likeness (QED) is 0.159. The molecule has 11 atom stereocenters. The highest BCUT2D eigenvalue weighted by molar-refractivity contribution is 5.94. The van der Waals surface area contributed by atoms with E-state index in [1.54, 1.807) is 59.7 Å². The Hall–Kier alpha value is -4.58. The number of aliphatic hydroxyl groups excluding tert-OH is 1. The van der Waals surface area contributed by atoms with Crippen molar-refractivity contribution in [2.75, 3.05) is 20.8 Å². The highest BCUT2D eigenvalue weighted by Crippen LogP contribution is 2.65. The van der Waals surface area contributed by atoms with E-state index in [9.17, 15) is 34.2 Å². The summed E-state index contributed by atoms with van der Waals surface area (Å²) in [5.74, 6) is -5.16. The molecule has 1 aromatic carbocycles. The molecule has 1 unspecified atom stereocenters. The number of ketones is 1. The smallest absolute Gasteiger partial charge is 0.456 e. The maximum absolute atomic E-state index is 15.6. The lowest BCUT2D eigenvalue weighted by molar-refractivity contribution is -0.346. The number of alkyl carbamates (subject to hydrolysis) is 1. The van der Waals surface area contributed by atoms with Gasteiger partial charge in [-0.25, -0.2) is 19.2 Å². The number of benzene rings is 1. The van der Waals surface area contributed by atoms with E-state index >= 15 is 4.79 Å². The number of nitrogens with one attached hydrogen (secondary N) is 1. The maximum Gasteiger partial charge on any atom is 0.508 e. The van der Waals surface area contributed by atoms with Crippen LogP contribution in [-0.2, 0) is 52.3 Å². The van der Waals surface area contributed by atoms with Crippen molar-refractivity contribution in [2.24, 2.45) is 22.7 Å². The molecule has 1 aliphatic heterocycles. The van der Waals surface area contributed by atoms with Crippen LogP contribution >= 0.6 is 0 Å². The maximum atomic E-state index is 15.6. The summed E-state index contributed by atoms with van der Waals surface area (Å²) in [4.78, 5) is 82.9. The predicted octanol–water partition coefficient (Wildman–Crippen LogP) is 4.38. The summed E-state index contributed by atoms with van der Waals surface area (Å²) >= 11 is 0. The van der Waals surface area contributed by atoms with Crippen LogP contribution in [-0.4, -0.2) is 126 Å². The van der Waals surface area contributed by atoms with Crippen LogP contribution in [0.3, 0.4) is 0 Å². The van der Waals surface area contributed by atoms with Gasteiger partial charge in [-0.3, -0.25) is 9.59 Å². The normalized spacial score (nSPS) is 32.6. The van der Waals surface area contributed by atoms with Crippen molar-refractivity contribution in [2.45, 2.75) is 148 Å². The molecule has 3 N–H and O–H groups in total. The molecule has 0 radical (unpaired) electrons. The Morgan fingerprint density at radius 2 is 1.64 bits per heavy atom. The molecule has 4 aliphatic rings. The zero-order valence-electron chi connectivity index (χ0n) is 37.0. The van der Waals surface area contributed by atoms with Crippen molar-refractivity contribution >= 4 is 35.9 Å². The average molecular weight is 860 g/mol. The number of amides is 1. The van der Waals surface area contributed by atoms with E-state index in [4.69, 9.17) is 37.9 Å². The first-order valence-electron chi connectivity index (χ1n) is 20.5. The monoisotopic (exact) mass is 859 g/mol. The molecule has 338 valence electrons. The van der Waals surface area contributed by atoms with Gasteiger partial charge in [0.05, 0.1) is 36.7 Å². The van der Waals surface area contributed by atoms with Crippen LogP contribution < -0.4 is 5.32 Å². The number of hydrogen-bond donors (Lipinski definition) is 3. The molecule has 1 heterocycles. The lowest BCUT2D eigenvalue weighted by Crippen LogP contribution is -2.82. The number of esters is 3. The number of carbonyl (C=O) groups excluding carboxylic acids is 6. The molecule has 0 spiro atoms. The summed E-state index contributed by atoms with van der Waals surface area (Å²) in [7, 11) is 2.37. The highest BCUT2D eigenvalue weighted by Gasteiger charge is 2.79. The Kier molecular flexibility index (Phi) is 13.5. The van der Waals surface area contributed by atoms with Crippen LogP contribution in [0, 0.1) is 22.7 Å². The van der Waals surface area contributed by atoms with Crippen LogP contribution in [0.15, 0.2) is 41.5 Å². The van der Waals surface area contributed by atoms with Gasteiger partial charge in [0, 0.05) is 32.3 Å². The van der Waals surface area contributed by atoms with Crippen LogP contribution in [0.5, 0.6) is 0 Å². The van der Waals surface area contributed by atoms with Crippen molar-refractivity contribution in [1.29, 1.82) is 0 Å². The molecule has 1 saturated heterocycles. The molecule has 5 rings (SSSR count). The fraction of sp³-hybridized carbons (Fsp3) is 0.682. The fourth-order valence-electron chi connectivity index (χ4n) is 9.89. The molecule has 2 bridgehead atoms. The van der Waals surface area contributed by atoms with Crippen LogP contribution in [0.4, 0.5) is 9.59 Å². The number of fused-ring (bicyclic) bond motifs is 5. The second-order valence-corrected chi connectivity index (χ2v) is 18.7. The van der Waals surface area contributed by atoms with Gasteiger partial charge in [0.25, 0.3) is 0 Å². The minimum absolute atomic E-state index is 0.0809. The average Bonchev–Trinajstić information content (AvgIpc) is 3.16.